The summed E-state index contributed by atoms with van der Waals surface area (Å²) < 4.78 is 10.8. The van der Waals surface area contributed by atoms with Gasteiger partial charge in [0, 0.05) is 18.2 Å². The maximum atomic E-state index is 12.9. The van der Waals surface area contributed by atoms with Gasteiger partial charge in [-0.05, 0) is 44.5 Å². The third-order valence-electron chi connectivity index (χ3n) is 4.39. The molecule has 23 heavy (non-hydrogen) atoms. The van der Waals surface area contributed by atoms with Gasteiger partial charge in [0.05, 0.1) is 20.6 Å². The number of ether oxygens (including phenoxy) is 2. The average Bonchev–Trinajstić information content (AvgIpc) is 2.60. The molecule has 1 aromatic carbocycles. The zero-order valence-corrected chi connectivity index (χ0v) is 14.4. The van der Waals surface area contributed by atoms with Crippen molar-refractivity contribution in [3.8, 4) is 11.5 Å². The quantitative estimate of drug-likeness (QED) is 0.837. The molecule has 0 atom stereocenters. The molecule has 0 aliphatic carbocycles. The molecule has 0 aromatic heterocycles. The van der Waals surface area contributed by atoms with E-state index in [4.69, 9.17) is 9.47 Å². The van der Waals surface area contributed by atoms with Gasteiger partial charge < -0.3 is 19.7 Å². The molecule has 0 radical (unpaired) electrons. The molecule has 1 saturated heterocycles. The lowest BCUT2D eigenvalue weighted by atomic mass is 10.0. The molecule has 1 heterocycles. The summed E-state index contributed by atoms with van der Waals surface area (Å²) in [6.07, 6.45) is 3.33. The molecular weight excluding hydrogens is 292 g/mol. The molecule has 0 saturated carbocycles. The summed E-state index contributed by atoms with van der Waals surface area (Å²) in [6.45, 7) is 4.89. The first-order valence-corrected chi connectivity index (χ1v) is 8.41. The zero-order chi connectivity index (χ0) is 16.7. The van der Waals surface area contributed by atoms with Gasteiger partial charge in [0.1, 0.15) is 11.5 Å². The van der Waals surface area contributed by atoms with Crippen LogP contribution < -0.4 is 14.8 Å². The summed E-state index contributed by atoms with van der Waals surface area (Å²) in [5.74, 6) is 1.57. The maximum absolute atomic E-state index is 12.9. The van der Waals surface area contributed by atoms with Crippen LogP contribution in [0.1, 0.15) is 31.7 Å². The normalized spacial score (nSPS) is 15.3. The SMILES string of the molecule is CCCN(C(=O)Cc1c(OC)cccc1OC)C1CCNCC1. The maximum Gasteiger partial charge on any atom is 0.227 e. The van der Waals surface area contributed by atoms with Crippen molar-refractivity contribution in [1.29, 1.82) is 0 Å². The van der Waals surface area contributed by atoms with Crippen LogP contribution in [0.3, 0.4) is 0 Å². The van der Waals surface area contributed by atoms with Crippen LogP contribution in [0.25, 0.3) is 0 Å². The summed E-state index contributed by atoms with van der Waals surface area (Å²) in [5, 5.41) is 3.36. The Bertz CT molecular complexity index is 491. The van der Waals surface area contributed by atoms with Gasteiger partial charge in [-0.2, -0.15) is 0 Å². The number of benzene rings is 1. The van der Waals surface area contributed by atoms with E-state index in [9.17, 15) is 4.79 Å². The highest BCUT2D eigenvalue weighted by atomic mass is 16.5. The number of methoxy groups -OCH3 is 2. The number of amides is 1. The fourth-order valence-corrected chi connectivity index (χ4v) is 3.23. The van der Waals surface area contributed by atoms with E-state index in [1.165, 1.54) is 0 Å². The van der Waals surface area contributed by atoms with Crippen LogP contribution in [0.5, 0.6) is 11.5 Å². The fourth-order valence-electron chi connectivity index (χ4n) is 3.23. The zero-order valence-electron chi connectivity index (χ0n) is 14.4. The molecule has 0 spiro atoms. The van der Waals surface area contributed by atoms with Crippen LogP contribution in [0.4, 0.5) is 0 Å². The Hall–Kier alpha value is -1.75. The number of carbonyl (C=O) groups excluding carboxylic acids is 1. The van der Waals surface area contributed by atoms with Gasteiger partial charge in [0.15, 0.2) is 0 Å². The van der Waals surface area contributed by atoms with Crippen molar-refractivity contribution in [2.24, 2.45) is 0 Å². The van der Waals surface area contributed by atoms with Crippen molar-refractivity contribution in [3.05, 3.63) is 23.8 Å². The fraction of sp³-hybridized carbons (Fsp3) is 0.611. The molecule has 1 amide bonds. The molecule has 128 valence electrons. The monoisotopic (exact) mass is 320 g/mol. The minimum Gasteiger partial charge on any atom is -0.496 e. The van der Waals surface area contributed by atoms with E-state index in [-0.39, 0.29) is 5.91 Å². The van der Waals surface area contributed by atoms with Gasteiger partial charge in [-0.25, -0.2) is 0 Å². The Morgan fingerprint density at radius 3 is 2.35 bits per heavy atom. The van der Waals surface area contributed by atoms with Crippen molar-refractivity contribution in [2.75, 3.05) is 33.9 Å². The molecule has 0 bridgehead atoms. The van der Waals surface area contributed by atoms with E-state index in [1.807, 2.05) is 23.1 Å². The van der Waals surface area contributed by atoms with E-state index in [2.05, 4.69) is 12.2 Å². The van der Waals surface area contributed by atoms with E-state index >= 15 is 0 Å². The lowest BCUT2D eigenvalue weighted by Gasteiger charge is -2.35. The van der Waals surface area contributed by atoms with Crippen LogP contribution in [-0.2, 0) is 11.2 Å². The predicted octanol–water partition coefficient (Wildman–Crippen LogP) is 2.24. The molecule has 1 aliphatic rings. The predicted molar refractivity (Wildman–Crippen MR) is 91.1 cm³/mol. The van der Waals surface area contributed by atoms with E-state index in [1.54, 1.807) is 14.2 Å². The molecule has 0 unspecified atom stereocenters. The second-order valence-electron chi connectivity index (χ2n) is 5.89. The number of carbonyl (C=O) groups is 1. The van der Waals surface area contributed by atoms with Gasteiger partial charge >= 0.3 is 0 Å². The van der Waals surface area contributed by atoms with Crippen molar-refractivity contribution in [1.82, 2.24) is 10.2 Å². The molecule has 1 aliphatic heterocycles. The number of nitrogens with zero attached hydrogens (tertiary/aromatic N) is 1. The van der Waals surface area contributed by atoms with E-state index in [0.29, 0.717) is 24.0 Å². The van der Waals surface area contributed by atoms with Gasteiger partial charge in [-0.3, -0.25) is 4.79 Å². The number of hydrogen-bond acceptors (Lipinski definition) is 4. The largest absolute Gasteiger partial charge is 0.496 e. The Balaban J connectivity index is 2.17. The first-order valence-electron chi connectivity index (χ1n) is 8.41. The van der Waals surface area contributed by atoms with Crippen molar-refractivity contribution in [3.63, 3.8) is 0 Å². The minimum atomic E-state index is 0.154. The Kier molecular flexibility index (Phi) is 6.71. The molecule has 2 rings (SSSR count). The number of rotatable bonds is 7. The summed E-state index contributed by atoms with van der Waals surface area (Å²) >= 11 is 0. The standard InChI is InChI=1S/C18H28N2O3/c1-4-12-20(14-8-10-19-11-9-14)18(21)13-15-16(22-2)6-5-7-17(15)23-3/h5-7,14,19H,4,8-13H2,1-3H3. The topological polar surface area (TPSA) is 50.8 Å². The van der Waals surface area contributed by atoms with E-state index < -0.39 is 0 Å². The molecule has 1 N–H and O–H groups in total. The van der Waals surface area contributed by atoms with Crippen LogP contribution in [0.2, 0.25) is 0 Å². The Morgan fingerprint density at radius 1 is 1.22 bits per heavy atom. The van der Waals surface area contributed by atoms with Gasteiger partial charge in [0.25, 0.3) is 0 Å². The number of nitrogens with one attached hydrogen (secondary N) is 1. The molecular formula is C18H28N2O3. The third-order valence-corrected chi connectivity index (χ3v) is 4.39. The second kappa shape index (κ2) is 8.77. The second-order valence-corrected chi connectivity index (χ2v) is 5.89. The highest BCUT2D eigenvalue weighted by molar-refractivity contribution is 5.80. The van der Waals surface area contributed by atoms with Gasteiger partial charge in [-0.15, -0.1) is 0 Å². The number of hydrogen-bond donors (Lipinski definition) is 1. The van der Waals surface area contributed by atoms with Crippen LogP contribution in [0.15, 0.2) is 18.2 Å². The van der Waals surface area contributed by atoms with Crippen molar-refractivity contribution in [2.45, 2.75) is 38.6 Å². The van der Waals surface area contributed by atoms with Crippen LogP contribution >= 0.6 is 0 Å². The van der Waals surface area contributed by atoms with Crippen molar-refractivity contribution >= 4 is 5.91 Å². The summed E-state index contributed by atoms with van der Waals surface area (Å²) in [6, 6.07) is 5.96. The first kappa shape index (κ1) is 17.6. The Labute approximate surface area is 139 Å². The van der Waals surface area contributed by atoms with Crippen molar-refractivity contribution < 1.29 is 14.3 Å². The summed E-state index contributed by atoms with van der Waals surface area (Å²) in [7, 11) is 3.25. The molecule has 5 heteroatoms. The highest BCUT2D eigenvalue weighted by Gasteiger charge is 2.26. The molecule has 1 aromatic rings. The third kappa shape index (κ3) is 4.38. The molecule has 1 fully saturated rings. The highest BCUT2D eigenvalue weighted by Crippen LogP contribution is 2.29. The molecule has 5 nitrogen and oxygen atoms in total. The lowest BCUT2D eigenvalue weighted by Crippen LogP contribution is -2.47. The summed E-state index contributed by atoms with van der Waals surface area (Å²) in [4.78, 5) is 15.0. The van der Waals surface area contributed by atoms with Gasteiger partial charge in [-0.1, -0.05) is 13.0 Å². The van der Waals surface area contributed by atoms with E-state index in [0.717, 1.165) is 44.5 Å². The number of piperidine rings is 1. The van der Waals surface area contributed by atoms with Gasteiger partial charge in [0.2, 0.25) is 5.91 Å². The lowest BCUT2D eigenvalue weighted by molar-refractivity contribution is -0.133. The Morgan fingerprint density at radius 2 is 1.83 bits per heavy atom. The smallest absolute Gasteiger partial charge is 0.227 e. The van der Waals surface area contributed by atoms with Crippen LogP contribution in [0, 0.1) is 0 Å². The summed E-state index contributed by atoms with van der Waals surface area (Å²) in [5.41, 5.74) is 0.831. The average molecular weight is 320 g/mol. The first-order chi connectivity index (χ1) is 11.2. The van der Waals surface area contributed by atoms with Crippen LogP contribution in [-0.4, -0.2) is 50.7 Å². The minimum absolute atomic E-state index is 0.154.